The molecule has 0 radical (unpaired) electrons. The molecule has 0 saturated carbocycles. The topological polar surface area (TPSA) is 48.3 Å². The van der Waals surface area contributed by atoms with Crippen LogP contribution in [0.5, 0.6) is 0 Å². The van der Waals surface area contributed by atoms with E-state index in [2.05, 4.69) is 0 Å². The Morgan fingerprint density at radius 2 is 2.11 bits per heavy atom. The Balaban J connectivity index is 2.60. The third-order valence-electron chi connectivity index (χ3n) is 2.87. The molecule has 2 aromatic rings. The zero-order valence-corrected chi connectivity index (χ0v) is 10.8. The highest BCUT2D eigenvalue weighted by Crippen LogP contribution is 2.14. The van der Waals surface area contributed by atoms with Gasteiger partial charge in [-0.1, -0.05) is 0 Å². The number of hydrogen-bond donors (Lipinski definition) is 0. The number of pyridine rings is 1. The molecule has 0 unspecified atom stereocenters. The molecule has 0 aliphatic carbocycles. The van der Waals surface area contributed by atoms with Gasteiger partial charge in [-0.25, -0.2) is 4.39 Å². The van der Waals surface area contributed by atoms with E-state index in [1.54, 1.807) is 18.4 Å². The third-order valence-corrected chi connectivity index (χ3v) is 2.87. The molecule has 0 bridgehead atoms. The number of aryl methyl sites for hydroxylation is 1. The normalized spacial score (nSPS) is 10.7. The lowest BCUT2D eigenvalue weighted by Gasteiger charge is -2.13. The van der Waals surface area contributed by atoms with Crippen molar-refractivity contribution >= 4 is 16.9 Å². The average molecular weight is 263 g/mol. The van der Waals surface area contributed by atoms with Crippen molar-refractivity contribution in [3.05, 3.63) is 46.0 Å². The summed E-state index contributed by atoms with van der Waals surface area (Å²) in [5.41, 5.74) is 0.906. The first-order chi connectivity index (χ1) is 9.02. The smallest absolute Gasteiger partial charge is 0.325 e. The molecule has 0 saturated heterocycles. The first-order valence-corrected chi connectivity index (χ1v) is 5.98. The first-order valence-electron chi connectivity index (χ1n) is 5.98. The Hall–Kier alpha value is -2.17. The highest BCUT2D eigenvalue weighted by atomic mass is 19.1. The summed E-state index contributed by atoms with van der Waals surface area (Å²) in [7, 11) is 0. The van der Waals surface area contributed by atoms with Crippen LogP contribution in [0.1, 0.15) is 12.6 Å². The number of esters is 1. The SMILES string of the molecule is CCOC(=O)Cn1c(C)cc(=O)c2cc(F)ccc21. The van der Waals surface area contributed by atoms with E-state index in [1.165, 1.54) is 24.3 Å². The van der Waals surface area contributed by atoms with Crippen LogP contribution < -0.4 is 5.43 Å². The molecule has 0 atom stereocenters. The monoisotopic (exact) mass is 263 g/mol. The maximum Gasteiger partial charge on any atom is 0.325 e. The maximum absolute atomic E-state index is 13.2. The lowest BCUT2D eigenvalue weighted by molar-refractivity contribution is -0.143. The molecule has 5 heteroatoms. The van der Waals surface area contributed by atoms with Crippen LogP contribution >= 0.6 is 0 Å². The summed E-state index contributed by atoms with van der Waals surface area (Å²) in [6, 6.07) is 5.33. The first kappa shape index (κ1) is 13.3. The van der Waals surface area contributed by atoms with Gasteiger partial charge in [0.05, 0.1) is 12.1 Å². The van der Waals surface area contributed by atoms with E-state index in [4.69, 9.17) is 4.74 Å². The van der Waals surface area contributed by atoms with Gasteiger partial charge in [-0.15, -0.1) is 0 Å². The lowest BCUT2D eigenvalue weighted by Crippen LogP contribution is -2.19. The van der Waals surface area contributed by atoms with E-state index in [9.17, 15) is 14.0 Å². The van der Waals surface area contributed by atoms with Crippen molar-refractivity contribution in [1.29, 1.82) is 0 Å². The fraction of sp³-hybridized carbons (Fsp3) is 0.286. The van der Waals surface area contributed by atoms with E-state index in [0.717, 1.165) is 0 Å². The molecule has 100 valence electrons. The Labute approximate surface area is 109 Å². The molecule has 0 spiro atoms. The van der Waals surface area contributed by atoms with Crippen molar-refractivity contribution < 1.29 is 13.9 Å². The molecule has 2 rings (SSSR count). The number of aromatic nitrogens is 1. The number of carbonyl (C=O) groups is 1. The van der Waals surface area contributed by atoms with Crippen LogP contribution in [-0.2, 0) is 16.1 Å². The summed E-state index contributed by atoms with van der Waals surface area (Å²) < 4.78 is 19.7. The second-order valence-electron chi connectivity index (χ2n) is 4.20. The van der Waals surface area contributed by atoms with Crippen LogP contribution in [0.15, 0.2) is 29.1 Å². The van der Waals surface area contributed by atoms with E-state index >= 15 is 0 Å². The number of halogens is 1. The third kappa shape index (κ3) is 2.65. The van der Waals surface area contributed by atoms with E-state index in [0.29, 0.717) is 17.8 Å². The molecule has 0 aliphatic heterocycles. The minimum absolute atomic E-state index is 0.00207. The summed E-state index contributed by atoms with van der Waals surface area (Å²) in [6.07, 6.45) is 0. The van der Waals surface area contributed by atoms with Gasteiger partial charge in [0.15, 0.2) is 5.43 Å². The van der Waals surface area contributed by atoms with Gasteiger partial charge in [-0.3, -0.25) is 9.59 Å². The minimum Gasteiger partial charge on any atom is -0.465 e. The predicted molar refractivity (Wildman–Crippen MR) is 69.5 cm³/mol. The van der Waals surface area contributed by atoms with Crippen molar-refractivity contribution in [2.24, 2.45) is 0 Å². The van der Waals surface area contributed by atoms with Crippen LogP contribution in [0.4, 0.5) is 4.39 Å². The Morgan fingerprint density at radius 1 is 1.37 bits per heavy atom. The number of hydrogen-bond acceptors (Lipinski definition) is 3. The molecule has 4 nitrogen and oxygen atoms in total. The van der Waals surface area contributed by atoms with Crippen LogP contribution in [0.25, 0.3) is 10.9 Å². The summed E-state index contributed by atoms with van der Waals surface area (Å²) in [4.78, 5) is 23.4. The highest BCUT2D eigenvalue weighted by Gasteiger charge is 2.11. The van der Waals surface area contributed by atoms with E-state index < -0.39 is 5.82 Å². The van der Waals surface area contributed by atoms with Crippen LogP contribution in [0, 0.1) is 12.7 Å². The zero-order chi connectivity index (χ0) is 14.0. The number of rotatable bonds is 3. The second-order valence-corrected chi connectivity index (χ2v) is 4.20. The molecule has 1 heterocycles. The van der Waals surface area contributed by atoms with Crippen molar-refractivity contribution in [2.75, 3.05) is 6.61 Å². The molecule has 0 fully saturated rings. The van der Waals surface area contributed by atoms with Gasteiger partial charge < -0.3 is 9.30 Å². The Kier molecular flexibility index (Phi) is 3.64. The predicted octanol–water partition coefficient (Wildman–Crippen LogP) is 2.01. The second kappa shape index (κ2) is 5.22. The molecule has 1 aromatic heterocycles. The van der Waals surface area contributed by atoms with Crippen molar-refractivity contribution in [3.63, 3.8) is 0 Å². The van der Waals surface area contributed by atoms with Crippen LogP contribution in [0.2, 0.25) is 0 Å². The minimum atomic E-state index is -0.476. The summed E-state index contributed by atoms with van der Waals surface area (Å²) in [5.74, 6) is -0.865. The van der Waals surface area contributed by atoms with Gasteiger partial charge in [0.2, 0.25) is 0 Å². The van der Waals surface area contributed by atoms with Gasteiger partial charge in [0.1, 0.15) is 12.4 Å². The van der Waals surface area contributed by atoms with Gasteiger partial charge >= 0.3 is 5.97 Å². The Bertz CT molecular complexity index is 691. The molecule has 1 aromatic carbocycles. The Morgan fingerprint density at radius 3 is 2.79 bits per heavy atom. The van der Waals surface area contributed by atoms with Gasteiger partial charge in [0.25, 0.3) is 0 Å². The average Bonchev–Trinajstić information content (AvgIpc) is 2.35. The van der Waals surface area contributed by atoms with Crippen molar-refractivity contribution in [1.82, 2.24) is 4.57 Å². The largest absolute Gasteiger partial charge is 0.465 e. The molecular weight excluding hydrogens is 249 g/mol. The molecule has 0 amide bonds. The summed E-state index contributed by atoms with van der Waals surface area (Å²) in [5, 5.41) is 0.259. The highest BCUT2D eigenvalue weighted by molar-refractivity contribution is 5.81. The standard InChI is InChI=1S/C14H14FNO3/c1-3-19-14(18)8-16-9(2)6-13(17)11-7-10(15)4-5-12(11)16/h4-7H,3,8H2,1-2H3. The summed E-state index contributed by atoms with van der Waals surface area (Å²) in [6.45, 7) is 3.75. The van der Waals surface area contributed by atoms with E-state index in [-0.39, 0.29) is 23.3 Å². The van der Waals surface area contributed by atoms with Crippen LogP contribution in [-0.4, -0.2) is 17.1 Å². The zero-order valence-electron chi connectivity index (χ0n) is 10.8. The fourth-order valence-corrected chi connectivity index (χ4v) is 2.02. The number of carbonyl (C=O) groups excluding carboxylic acids is 1. The van der Waals surface area contributed by atoms with Gasteiger partial charge in [-0.05, 0) is 32.0 Å². The van der Waals surface area contributed by atoms with Crippen molar-refractivity contribution in [3.8, 4) is 0 Å². The molecule has 0 aliphatic rings. The van der Waals surface area contributed by atoms with Crippen molar-refractivity contribution in [2.45, 2.75) is 20.4 Å². The van der Waals surface area contributed by atoms with Crippen LogP contribution in [0.3, 0.4) is 0 Å². The van der Waals surface area contributed by atoms with E-state index in [1.807, 2.05) is 0 Å². The lowest BCUT2D eigenvalue weighted by atomic mass is 10.1. The number of ether oxygens (including phenoxy) is 1. The molecule has 0 N–H and O–H groups in total. The number of benzene rings is 1. The molecule has 19 heavy (non-hydrogen) atoms. The quantitative estimate of drug-likeness (QED) is 0.796. The maximum atomic E-state index is 13.2. The number of fused-ring (bicyclic) bond motifs is 1. The molecular formula is C14H14FNO3. The van der Waals surface area contributed by atoms with Gasteiger partial charge in [-0.2, -0.15) is 0 Å². The summed E-state index contributed by atoms with van der Waals surface area (Å²) >= 11 is 0. The fourth-order valence-electron chi connectivity index (χ4n) is 2.02. The number of nitrogens with zero attached hydrogens (tertiary/aromatic N) is 1. The van der Waals surface area contributed by atoms with Gasteiger partial charge in [0, 0.05) is 17.1 Å².